The summed E-state index contributed by atoms with van der Waals surface area (Å²) < 4.78 is 13.3. The van der Waals surface area contributed by atoms with Crippen molar-refractivity contribution in [1.82, 2.24) is 0 Å². The molecule has 0 bridgehead atoms. The molecule has 49 heavy (non-hydrogen) atoms. The van der Waals surface area contributed by atoms with Crippen molar-refractivity contribution < 1.29 is 8.83 Å². The molecule has 0 N–H and O–H groups in total. The first-order chi connectivity index (χ1) is 24.3. The second kappa shape index (κ2) is 11.0. The van der Waals surface area contributed by atoms with E-state index < -0.39 is 0 Å². The van der Waals surface area contributed by atoms with Gasteiger partial charge >= 0.3 is 0 Å². The van der Waals surface area contributed by atoms with Crippen molar-refractivity contribution in [2.75, 3.05) is 4.90 Å². The van der Waals surface area contributed by atoms with E-state index in [1.54, 1.807) is 0 Å². The first kappa shape index (κ1) is 27.5. The van der Waals surface area contributed by atoms with Crippen LogP contribution in [0.5, 0.6) is 0 Å². The molecular formula is C46H29NO2. The van der Waals surface area contributed by atoms with Crippen LogP contribution in [-0.2, 0) is 0 Å². The van der Waals surface area contributed by atoms with Crippen LogP contribution in [0.4, 0.5) is 17.1 Å². The van der Waals surface area contributed by atoms with Crippen molar-refractivity contribution in [2.45, 2.75) is 0 Å². The van der Waals surface area contributed by atoms with Gasteiger partial charge in [-0.25, -0.2) is 0 Å². The number of nitrogens with zero attached hydrogens (tertiary/aromatic N) is 1. The van der Waals surface area contributed by atoms with E-state index in [9.17, 15) is 0 Å². The van der Waals surface area contributed by atoms with E-state index in [2.05, 4.69) is 169 Å². The minimum Gasteiger partial charge on any atom is -0.456 e. The normalized spacial score (nSPS) is 11.7. The van der Waals surface area contributed by atoms with E-state index in [1.807, 2.05) is 12.1 Å². The first-order valence-corrected chi connectivity index (χ1v) is 16.6. The fourth-order valence-electron chi connectivity index (χ4n) is 7.28. The Hall–Kier alpha value is -6.58. The number of hydrogen-bond acceptors (Lipinski definition) is 3. The second-order valence-corrected chi connectivity index (χ2v) is 12.5. The van der Waals surface area contributed by atoms with Crippen LogP contribution < -0.4 is 4.90 Å². The van der Waals surface area contributed by atoms with E-state index in [0.717, 1.165) is 83.0 Å². The Bertz CT molecular complexity index is 2810. The van der Waals surface area contributed by atoms with E-state index in [4.69, 9.17) is 8.83 Å². The predicted octanol–water partition coefficient (Wildman–Crippen LogP) is 13.4. The van der Waals surface area contributed by atoms with Gasteiger partial charge in [0.1, 0.15) is 16.7 Å². The van der Waals surface area contributed by atoms with Gasteiger partial charge in [-0.3, -0.25) is 0 Å². The Morgan fingerprint density at radius 1 is 0.347 bits per heavy atom. The quantitative estimate of drug-likeness (QED) is 0.190. The number of furan rings is 2. The van der Waals surface area contributed by atoms with Crippen LogP contribution in [0.1, 0.15) is 0 Å². The molecule has 0 aliphatic rings. The predicted molar refractivity (Wildman–Crippen MR) is 204 cm³/mol. The summed E-state index contributed by atoms with van der Waals surface area (Å²) >= 11 is 0. The highest BCUT2D eigenvalue weighted by Crippen LogP contribution is 2.48. The number of benzene rings is 8. The highest BCUT2D eigenvalue weighted by molar-refractivity contribution is 6.15. The summed E-state index contributed by atoms with van der Waals surface area (Å²) in [5, 5.41) is 6.70. The van der Waals surface area contributed by atoms with Crippen molar-refractivity contribution in [2.24, 2.45) is 0 Å². The molecule has 0 amide bonds. The molecule has 0 atom stereocenters. The van der Waals surface area contributed by atoms with Gasteiger partial charge in [-0.05, 0) is 76.0 Å². The number of rotatable bonds is 5. The van der Waals surface area contributed by atoms with Gasteiger partial charge in [0.25, 0.3) is 0 Å². The minimum atomic E-state index is 0.845. The lowest BCUT2D eigenvalue weighted by Gasteiger charge is -2.28. The third-order valence-corrected chi connectivity index (χ3v) is 9.64. The van der Waals surface area contributed by atoms with Gasteiger partial charge in [-0.1, -0.05) is 127 Å². The monoisotopic (exact) mass is 627 g/mol. The molecular weight excluding hydrogens is 599 g/mol. The van der Waals surface area contributed by atoms with Crippen LogP contribution in [0, 0.1) is 0 Å². The van der Waals surface area contributed by atoms with Gasteiger partial charge in [-0.2, -0.15) is 0 Å². The summed E-state index contributed by atoms with van der Waals surface area (Å²) in [5.74, 6) is 0. The van der Waals surface area contributed by atoms with Crippen molar-refractivity contribution in [3.05, 3.63) is 176 Å². The van der Waals surface area contributed by atoms with Gasteiger partial charge < -0.3 is 13.7 Å². The van der Waals surface area contributed by atoms with E-state index >= 15 is 0 Å². The minimum absolute atomic E-state index is 0.845. The summed E-state index contributed by atoms with van der Waals surface area (Å²) in [4.78, 5) is 2.35. The smallest absolute Gasteiger partial charge is 0.159 e. The molecule has 0 aliphatic heterocycles. The molecule has 8 aromatic carbocycles. The molecule has 0 radical (unpaired) electrons. The van der Waals surface area contributed by atoms with Crippen LogP contribution in [0.3, 0.4) is 0 Å². The fourth-order valence-corrected chi connectivity index (χ4v) is 7.28. The first-order valence-electron chi connectivity index (χ1n) is 16.6. The molecule has 0 spiro atoms. The lowest BCUT2D eigenvalue weighted by Crippen LogP contribution is -2.11. The Morgan fingerprint density at radius 3 is 1.76 bits per heavy atom. The largest absolute Gasteiger partial charge is 0.456 e. The molecule has 0 saturated carbocycles. The third-order valence-electron chi connectivity index (χ3n) is 9.64. The van der Waals surface area contributed by atoms with Crippen LogP contribution in [0.15, 0.2) is 185 Å². The van der Waals surface area contributed by atoms with Crippen molar-refractivity contribution in [3.8, 4) is 22.3 Å². The highest BCUT2D eigenvalue weighted by Gasteiger charge is 2.24. The summed E-state index contributed by atoms with van der Waals surface area (Å²) in [5.41, 5.74) is 11.0. The Labute approximate surface area is 282 Å². The number of anilines is 3. The molecule has 2 heterocycles. The van der Waals surface area contributed by atoms with Crippen molar-refractivity contribution in [3.63, 3.8) is 0 Å². The van der Waals surface area contributed by atoms with Gasteiger partial charge in [0, 0.05) is 32.8 Å². The SMILES string of the molecule is c1ccc(-c2ccc(N(c3cc4c(cc3-c3ccccc3)oc3cc5ccccc5cc34)c3cccc4c3oc3ccccc34)cc2)cc1. The zero-order valence-electron chi connectivity index (χ0n) is 26.5. The average Bonchev–Trinajstić information content (AvgIpc) is 3.72. The van der Waals surface area contributed by atoms with Crippen LogP contribution in [0.25, 0.3) is 76.9 Å². The maximum Gasteiger partial charge on any atom is 0.159 e. The van der Waals surface area contributed by atoms with Crippen LogP contribution in [0.2, 0.25) is 0 Å². The van der Waals surface area contributed by atoms with Crippen LogP contribution >= 0.6 is 0 Å². The highest BCUT2D eigenvalue weighted by atomic mass is 16.3. The molecule has 0 saturated heterocycles. The van der Waals surface area contributed by atoms with Gasteiger partial charge in [0.15, 0.2) is 5.58 Å². The summed E-state index contributed by atoms with van der Waals surface area (Å²) in [6.45, 7) is 0. The molecule has 230 valence electrons. The molecule has 3 nitrogen and oxygen atoms in total. The molecule has 10 aromatic rings. The van der Waals surface area contributed by atoms with E-state index in [1.165, 1.54) is 10.9 Å². The summed E-state index contributed by atoms with van der Waals surface area (Å²) in [7, 11) is 0. The lowest BCUT2D eigenvalue weighted by atomic mass is 9.98. The molecule has 0 aliphatic carbocycles. The van der Waals surface area contributed by atoms with Crippen LogP contribution in [-0.4, -0.2) is 0 Å². The maximum absolute atomic E-state index is 6.68. The topological polar surface area (TPSA) is 29.5 Å². The summed E-state index contributed by atoms with van der Waals surface area (Å²) in [6, 6.07) is 62.0. The Balaban J connectivity index is 1.29. The lowest BCUT2D eigenvalue weighted by molar-refractivity contribution is 0.669. The standard InChI is InChI=1S/C46H29NO2/c1-3-12-30(13-4-1)31-22-24-35(25-23-31)47(41-20-11-19-37-36-18-9-10-21-43(36)49-46(37)41)42-28-40-39-26-33-16-7-8-17-34(33)27-44(39)48-45(40)29-38(42)32-14-5-2-6-15-32/h1-29H. The average molecular weight is 628 g/mol. The number of fused-ring (bicyclic) bond motifs is 7. The van der Waals surface area contributed by atoms with Crippen molar-refractivity contribution >= 4 is 71.7 Å². The van der Waals surface area contributed by atoms with Crippen molar-refractivity contribution in [1.29, 1.82) is 0 Å². The van der Waals surface area contributed by atoms with Gasteiger partial charge in [-0.15, -0.1) is 0 Å². The number of hydrogen-bond donors (Lipinski definition) is 0. The molecule has 0 fully saturated rings. The number of para-hydroxylation sites is 2. The fraction of sp³-hybridized carbons (Fsp3) is 0. The molecule has 0 unspecified atom stereocenters. The third kappa shape index (κ3) is 4.51. The zero-order valence-corrected chi connectivity index (χ0v) is 26.5. The Kier molecular flexibility index (Phi) is 6.18. The van der Waals surface area contributed by atoms with Gasteiger partial charge in [0.05, 0.1) is 11.4 Å². The second-order valence-electron chi connectivity index (χ2n) is 12.5. The molecule has 10 rings (SSSR count). The van der Waals surface area contributed by atoms with Gasteiger partial charge in [0.2, 0.25) is 0 Å². The zero-order chi connectivity index (χ0) is 32.3. The molecule has 3 heteroatoms. The van der Waals surface area contributed by atoms with E-state index in [0.29, 0.717) is 0 Å². The Morgan fingerprint density at radius 2 is 0.959 bits per heavy atom. The molecule has 2 aromatic heterocycles. The maximum atomic E-state index is 6.68. The summed E-state index contributed by atoms with van der Waals surface area (Å²) in [6.07, 6.45) is 0. The van der Waals surface area contributed by atoms with E-state index in [-0.39, 0.29) is 0 Å².